The van der Waals surface area contributed by atoms with E-state index in [4.69, 9.17) is 15.1 Å². The van der Waals surface area contributed by atoms with E-state index in [1.807, 2.05) is 24.3 Å². The zero-order chi connectivity index (χ0) is 21.6. The fourth-order valence-electron chi connectivity index (χ4n) is 3.78. The number of nitrogens with zero attached hydrogens (tertiary/aromatic N) is 4. The zero-order valence-electron chi connectivity index (χ0n) is 18.0. The van der Waals surface area contributed by atoms with Gasteiger partial charge >= 0.3 is 6.01 Å². The number of benzene rings is 1. The van der Waals surface area contributed by atoms with Crippen LogP contribution in [0.25, 0.3) is 22.5 Å². The molecule has 7 heteroatoms. The molecule has 1 fully saturated rings. The number of aromatic nitrogens is 4. The second-order valence-corrected chi connectivity index (χ2v) is 9.17. The Morgan fingerprint density at radius 2 is 1.97 bits per heavy atom. The molecule has 3 aromatic heterocycles. The number of hydrogen-bond donors (Lipinski definition) is 2. The van der Waals surface area contributed by atoms with Crippen molar-refractivity contribution in [3.8, 4) is 11.6 Å². The van der Waals surface area contributed by atoms with Gasteiger partial charge in [-0.05, 0) is 59.6 Å². The van der Waals surface area contributed by atoms with Gasteiger partial charge in [0.25, 0.3) is 5.89 Å². The van der Waals surface area contributed by atoms with Crippen molar-refractivity contribution in [3.05, 3.63) is 59.4 Å². The minimum atomic E-state index is -0.0640. The molecule has 0 radical (unpaired) electrons. The highest BCUT2D eigenvalue weighted by Gasteiger charge is 2.28. The molecule has 0 unspecified atom stereocenters. The molecule has 0 saturated heterocycles. The zero-order valence-corrected chi connectivity index (χ0v) is 18.0. The lowest BCUT2D eigenvalue weighted by atomic mass is 9.83. The van der Waals surface area contributed by atoms with Gasteiger partial charge in [0.15, 0.2) is 0 Å². The van der Waals surface area contributed by atoms with Gasteiger partial charge in [-0.1, -0.05) is 38.0 Å². The largest absolute Gasteiger partial charge is 0.402 e. The summed E-state index contributed by atoms with van der Waals surface area (Å²) in [5.74, 6) is 0.983. The van der Waals surface area contributed by atoms with E-state index in [-0.39, 0.29) is 5.41 Å². The van der Waals surface area contributed by atoms with Crippen molar-refractivity contribution in [3.63, 3.8) is 0 Å². The van der Waals surface area contributed by atoms with Crippen LogP contribution in [0, 0.1) is 0 Å². The monoisotopic (exact) mass is 414 g/mol. The van der Waals surface area contributed by atoms with Crippen LogP contribution in [0.1, 0.15) is 56.4 Å². The first kappa shape index (κ1) is 19.5. The first-order valence-electron chi connectivity index (χ1n) is 10.6. The van der Waals surface area contributed by atoms with Crippen LogP contribution in [0.2, 0.25) is 0 Å². The molecule has 31 heavy (non-hydrogen) atoms. The number of fused-ring (bicyclic) bond motifs is 1. The predicted octanol–water partition coefficient (Wildman–Crippen LogP) is 5.05. The van der Waals surface area contributed by atoms with Crippen LogP contribution in [-0.2, 0) is 12.0 Å². The van der Waals surface area contributed by atoms with Crippen LogP contribution in [0.15, 0.2) is 47.0 Å². The average Bonchev–Trinajstić information content (AvgIpc) is 3.49. The van der Waals surface area contributed by atoms with Gasteiger partial charge < -0.3 is 15.5 Å². The number of nitrogens with two attached hydrogens (primary N) is 1. The molecule has 5 rings (SSSR count). The second kappa shape index (κ2) is 7.34. The Bertz CT molecular complexity index is 1240. The van der Waals surface area contributed by atoms with Crippen molar-refractivity contribution in [1.82, 2.24) is 20.2 Å². The maximum absolute atomic E-state index is 6.48. The van der Waals surface area contributed by atoms with Crippen molar-refractivity contribution in [2.45, 2.75) is 51.5 Å². The second-order valence-electron chi connectivity index (χ2n) is 9.17. The molecule has 158 valence electrons. The topological polar surface area (TPSA) is 103 Å². The van der Waals surface area contributed by atoms with Crippen LogP contribution in [0.4, 0.5) is 11.7 Å². The van der Waals surface area contributed by atoms with E-state index in [1.54, 1.807) is 6.20 Å². The highest BCUT2D eigenvalue weighted by molar-refractivity contribution is 5.95. The molecule has 1 saturated carbocycles. The van der Waals surface area contributed by atoms with Gasteiger partial charge in [0.2, 0.25) is 0 Å². The molecule has 0 aliphatic heterocycles. The number of pyridine rings is 2. The van der Waals surface area contributed by atoms with Crippen LogP contribution < -0.4 is 11.1 Å². The van der Waals surface area contributed by atoms with Gasteiger partial charge in [0.1, 0.15) is 5.69 Å². The third-order valence-electron chi connectivity index (χ3n) is 5.62. The molecule has 0 atom stereocenters. The van der Waals surface area contributed by atoms with Crippen LogP contribution in [0.5, 0.6) is 0 Å². The fourth-order valence-corrected chi connectivity index (χ4v) is 3.78. The molecule has 1 aliphatic carbocycles. The Hall–Kier alpha value is -3.48. The van der Waals surface area contributed by atoms with Gasteiger partial charge in [0, 0.05) is 17.3 Å². The number of anilines is 2. The Labute approximate surface area is 181 Å². The van der Waals surface area contributed by atoms with E-state index >= 15 is 0 Å². The average molecular weight is 415 g/mol. The number of hydrogen-bond acceptors (Lipinski definition) is 7. The van der Waals surface area contributed by atoms with Crippen molar-refractivity contribution in [1.29, 1.82) is 0 Å². The summed E-state index contributed by atoms with van der Waals surface area (Å²) in [5, 5.41) is 12.4. The fraction of sp³-hybridized carbons (Fsp3) is 0.333. The van der Waals surface area contributed by atoms with Gasteiger partial charge in [-0.3, -0.25) is 4.98 Å². The van der Waals surface area contributed by atoms with Crippen LogP contribution >= 0.6 is 0 Å². The van der Waals surface area contributed by atoms with E-state index in [0.29, 0.717) is 35.7 Å². The normalized spacial score (nSPS) is 14.2. The predicted molar refractivity (Wildman–Crippen MR) is 122 cm³/mol. The van der Waals surface area contributed by atoms with Crippen molar-refractivity contribution >= 4 is 22.6 Å². The molecule has 7 nitrogen and oxygen atoms in total. The lowest BCUT2D eigenvalue weighted by Gasteiger charge is -2.23. The first-order chi connectivity index (χ1) is 14.9. The van der Waals surface area contributed by atoms with Gasteiger partial charge in [-0.25, -0.2) is 4.98 Å². The Morgan fingerprint density at radius 1 is 1.13 bits per heavy atom. The molecule has 4 aromatic rings. The van der Waals surface area contributed by atoms with E-state index in [2.05, 4.69) is 53.4 Å². The molecular formula is C24H26N6O. The summed E-state index contributed by atoms with van der Waals surface area (Å²) < 4.78 is 5.81. The highest BCUT2D eigenvalue weighted by Crippen LogP contribution is 2.44. The Kier molecular flexibility index (Phi) is 4.61. The summed E-state index contributed by atoms with van der Waals surface area (Å²) in [6.45, 7) is 7.11. The molecule has 1 aliphatic rings. The maximum Gasteiger partial charge on any atom is 0.316 e. The van der Waals surface area contributed by atoms with Crippen molar-refractivity contribution in [2.75, 3.05) is 11.1 Å². The number of nitrogens with one attached hydrogen (secondary N) is 1. The van der Waals surface area contributed by atoms with Gasteiger partial charge in [-0.2, -0.15) is 0 Å². The SMILES string of the molecule is CC(C)(C)c1cc(C2CC2)cc2c(N)cc(-c3nnc(NCc4ccccn4)o3)nc12. The summed E-state index contributed by atoms with van der Waals surface area (Å²) in [6, 6.07) is 12.4. The lowest BCUT2D eigenvalue weighted by molar-refractivity contribution is 0.577. The summed E-state index contributed by atoms with van der Waals surface area (Å²) in [7, 11) is 0. The standard InChI is InChI=1S/C24H26N6O/c1-24(2,3)18-11-15(14-7-8-14)10-17-19(25)12-20(28-21(17)18)22-29-30-23(31-22)27-13-16-6-4-5-9-26-16/h4-6,9-12,14H,7-8,13H2,1-3H3,(H2,25,28)(H,27,30). The minimum Gasteiger partial charge on any atom is -0.402 e. The van der Waals surface area contributed by atoms with Crippen molar-refractivity contribution in [2.24, 2.45) is 0 Å². The summed E-state index contributed by atoms with van der Waals surface area (Å²) in [4.78, 5) is 9.19. The quantitative estimate of drug-likeness (QED) is 0.471. The lowest BCUT2D eigenvalue weighted by Crippen LogP contribution is -2.13. The number of rotatable bonds is 5. The summed E-state index contributed by atoms with van der Waals surface area (Å²) >= 11 is 0. The first-order valence-corrected chi connectivity index (χ1v) is 10.6. The molecule has 0 bridgehead atoms. The van der Waals surface area contributed by atoms with E-state index in [9.17, 15) is 0 Å². The molecule has 3 N–H and O–H groups in total. The van der Waals surface area contributed by atoms with Crippen molar-refractivity contribution < 1.29 is 4.42 Å². The number of nitrogen functional groups attached to an aromatic ring is 1. The smallest absolute Gasteiger partial charge is 0.316 e. The van der Waals surface area contributed by atoms with Gasteiger partial charge in [-0.15, -0.1) is 5.10 Å². The van der Waals surface area contributed by atoms with Crippen LogP contribution in [-0.4, -0.2) is 20.2 Å². The third-order valence-corrected chi connectivity index (χ3v) is 5.62. The molecule has 3 heterocycles. The Balaban J connectivity index is 1.51. The molecule has 0 spiro atoms. The molecular weight excluding hydrogens is 388 g/mol. The Morgan fingerprint density at radius 3 is 2.68 bits per heavy atom. The van der Waals surface area contributed by atoms with Crippen LogP contribution in [0.3, 0.4) is 0 Å². The van der Waals surface area contributed by atoms with E-state index in [1.165, 1.54) is 24.0 Å². The summed E-state index contributed by atoms with van der Waals surface area (Å²) in [6.07, 6.45) is 4.24. The molecule has 1 aromatic carbocycles. The molecule has 0 amide bonds. The van der Waals surface area contributed by atoms with Gasteiger partial charge in [0.05, 0.1) is 17.8 Å². The minimum absolute atomic E-state index is 0.0640. The summed E-state index contributed by atoms with van der Waals surface area (Å²) in [5.41, 5.74) is 12.0. The highest BCUT2D eigenvalue weighted by atomic mass is 16.4. The van der Waals surface area contributed by atoms with E-state index in [0.717, 1.165) is 16.6 Å². The maximum atomic E-state index is 6.48. The third kappa shape index (κ3) is 3.95. The van der Waals surface area contributed by atoms with E-state index < -0.39 is 0 Å².